The lowest BCUT2D eigenvalue weighted by atomic mass is 10.0. The Labute approximate surface area is 438 Å². The number of hydrogen-bond donors (Lipinski definition) is 0. The van der Waals surface area contributed by atoms with Gasteiger partial charge in [-0.1, -0.05) is 252 Å². The third-order valence-corrected chi connectivity index (χ3v) is 12.3. The van der Waals surface area contributed by atoms with E-state index in [-0.39, 0.29) is 31.1 Å². The van der Waals surface area contributed by atoms with E-state index < -0.39 is 6.10 Å². The van der Waals surface area contributed by atoms with Crippen LogP contribution >= 0.6 is 0 Å². The van der Waals surface area contributed by atoms with Crippen LogP contribution in [0.1, 0.15) is 265 Å². The first-order valence-corrected chi connectivity index (χ1v) is 29.4. The molecular formula is C65H108O6. The van der Waals surface area contributed by atoms with Crippen LogP contribution in [0, 0.1) is 0 Å². The maximum Gasteiger partial charge on any atom is 0.306 e. The quantitative estimate of drug-likeness (QED) is 0.0261. The molecule has 1 unspecified atom stereocenters. The van der Waals surface area contributed by atoms with E-state index in [0.29, 0.717) is 19.3 Å². The topological polar surface area (TPSA) is 78.9 Å². The summed E-state index contributed by atoms with van der Waals surface area (Å²) in [7, 11) is 0. The van der Waals surface area contributed by atoms with Crippen LogP contribution in [0.3, 0.4) is 0 Å². The molecule has 0 saturated carbocycles. The van der Waals surface area contributed by atoms with E-state index in [2.05, 4.69) is 130 Å². The lowest BCUT2D eigenvalue weighted by molar-refractivity contribution is -0.167. The van der Waals surface area contributed by atoms with Crippen molar-refractivity contribution in [2.45, 2.75) is 271 Å². The maximum atomic E-state index is 12.8. The summed E-state index contributed by atoms with van der Waals surface area (Å²) in [5, 5.41) is 0. The summed E-state index contributed by atoms with van der Waals surface area (Å²) < 4.78 is 16.7. The van der Waals surface area contributed by atoms with Crippen molar-refractivity contribution in [3.63, 3.8) is 0 Å². The predicted molar refractivity (Wildman–Crippen MR) is 307 cm³/mol. The summed E-state index contributed by atoms with van der Waals surface area (Å²) in [5.41, 5.74) is 0. The number of hydrogen-bond acceptors (Lipinski definition) is 6. The fourth-order valence-electron chi connectivity index (χ4n) is 7.93. The summed E-state index contributed by atoms with van der Waals surface area (Å²) in [5.74, 6) is -0.906. The van der Waals surface area contributed by atoms with E-state index >= 15 is 0 Å². The zero-order chi connectivity index (χ0) is 51.4. The molecule has 0 radical (unpaired) electrons. The molecule has 0 rings (SSSR count). The molecule has 0 heterocycles. The number of carbonyl (C=O) groups excluding carboxylic acids is 3. The van der Waals surface area contributed by atoms with Crippen LogP contribution in [0.15, 0.2) is 109 Å². The van der Waals surface area contributed by atoms with E-state index in [1.807, 2.05) is 0 Å². The fourth-order valence-corrected chi connectivity index (χ4v) is 7.93. The van der Waals surface area contributed by atoms with Crippen molar-refractivity contribution in [2.24, 2.45) is 0 Å². The summed E-state index contributed by atoms with van der Waals surface area (Å²) in [4.78, 5) is 37.9. The molecule has 0 amide bonds. The van der Waals surface area contributed by atoms with Gasteiger partial charge in [-0.2, -0.15) is 0 Å². The van der Waals surface area contributed by atoms with Gasteiger partial charge in [0.1, 0.15) is 13.2 Å². The van der Waals surface area contributed by atoms with Crippen molar-refractivity contribution in [3.8, 4) is 0 Å². The smallest absolute Gasteiger partial charge is 0.306 e. The highest BCUT2D eigenvalue weighted by Gasteiger charge is 2.19. The third-order valence-electron chi connectivity index (χ3n) is 12.3. The Morgan fingerprint density at radius 1 is 0.296 bits per heavy atom. The zero-order valence-corrected chi connectivity index (χ0v) is 46.2. The largest absolute Gasteiger partial charge is 0.462 e. The number of esters is 3. The minimum atomic E-state index is -0.781. The van der Waals surface area contributed by atoms with Crippen LogP contribution in [-0.4, -0.2) is 37.2 Å². The second kappa shape index (κ2) is 58.6. The Kier molecular flexibility index (Phi) is 55.4. The van der Waals surface area contributed by atoms with Gasteiger partial charge < -0.3 is 14.2 Å². The van der Waals surface area contributed by atoms with Crippen LogP contribution in [0.2, 0.25) is 0 Å². The van der Waals surface area contributed by atoms with Gasteiger partial charge in [-0.05, 0) is 103 Å². The summed E-state index contributed by atoms with van der Waals surface area (Å²) in [6, 6.07) is 0. The van der Waals surface area contributed by atoms with Gasteiger partial charge in [-0.15, -0.1) is 0 Å². The summed E-state index contributed by atoms with van der Waals surface area (Å²) in [6.45, 7) is 6.33. The molecule has 0 aliphatic heterocycles. The van der Waals surface area contributed by atoms with Crippen molar-refractivity contribution < 1.29 is 28.6 Å². The SMILES string of the molecule is CC/C=C\C/C=C\C/C=C\C/C=C\C/C=C\CCCCCCCCCCCC(=O)OCC(COC(=O)CCCCCCC)OC(=O)CCCCCCCCCCCC/C=C\C/C=C\C/C=C\C/C=C\CC. The van der Waals surface area contributed by atoms with Crippen molar-refractivity contribution in [1.29, 1.82) is 0 Å². The Morgan fingerprint density at radius 2 is 0.549 bits per heavy atom. The molecule has 0 aromatic rings. The highest BCUT2D eigenvalue weighted by Crippen LogP contribution is 2.15. The average Bonchev–Trinajstić information content (AvgIpc) is 3.37. The predicted octanol–water partition coefficient (Wildman–Crippen LogP) is 19.9. The second-order valence-electron chi connectivity index (χ2n) is 19.1. The Hall–Kier alpha value is -3.93. The molecule has 0 bridgehead atoms. The van der Waals surface area contributed by atoms with Gasteiger partial charge >= 0.3 is 17.9 Å². The molecule has 6 nitrogen and oxygen atoms in total. The van der Waals surface area contributed by atoms with Gasteiger partial charge in [-0.25, -0.2) is 0 Å². The molecular weight excluding hydrogens is 877 g/mol. The Morgan fingerprint density at radius 3 is 0.859 bits per heavy atom. The lowest BCUT2D eigenvalue weighted by Crippen LogP contribution is -2.30. The summed E-state index contributed by atoms with van der Waals surface area (Å²) in [6.07, 6.45) is 79.8. The van der Waals surface area contributed by atoms with Gasteiger partial charge in [0.2, 0.25) is 0 Å². The third kappa shape index (κ3) is 56.9. The van der Waals surface area contributed by atoms with Crippen LogP contribution in [-0.2, 0) is 28.6 Å². The van der Waals surface area contributed by atoms with Crippen molar-refractivity contribution in [2.75, 3.05) is 13.2 Å². The van der Waals surface area contributed by atoms with Gasteiger partial charge in [0.25, 0.3) is 0 Å². The van der Waals surface area contributed by atoms with E-state index in [0.717, 1.165) is 128 Å². The standard InChI is InChI=1S/C65H108O6/c1-4-7-10-13-15-17-19-21-23-25-27-29-31-32-34-35-37-39-41-43-45-47-49-52-55-58-64(67)70-61-62(60-69-63(66)57-54-51-12-9-6-3)71-65(68)59-56-53-50-48-46-44-42-40-38-36-33-30-28-26-24-22-20-18-16-14-11-8-5-2/h7-8,10-11,15-18,21-24,27-30,32,34,62H,4-6,9,12-14,19-20,25-26,31,33,35-61H2,1-3H3/b10-7-,11-8-,17-15-,18-16-,23-21-,24-22-,29-27-,30-28-,34-32-. The van der Waals surface area contributed by atoms with E-state index in [1.165, 1.54) is 96.3 Å². The normalized spacial score (nSPS) is 12.9. The fraction of sp³-hybridized carbons (Fsp3) is 0.677. The lowest BCUT2D eigenvalue weighted by Gasteiger charge is -2.18. The Bertz CT molecular complexity index is 1460. The van der Waals surface area contributed by atoms with Crippen LogP contribution in [0.5, 0.6) is 0 Å². The molecule has 0 aromatic carbocycles. The molecule has 0 aliphatic carbocycles. The van der Waals surface area contributed by atoms with Crippen LogP contribution in [0.25, 0.3) is 0 Å². The molecule has 1 atom stereocenters. The van der Waals surface area contributed by atoms with Crippen LogP contribution in [0.4, 0.5) is 0 Å². The van der Waals surface area contributed by atoms with Crippen molar-refractivity contribution in [1.82, 2.24) is 0 Å². The minimum absolute atomic E-state index is 0.0827. The van der Waals surface area contributed by atoms with E-state index in [4.69, 9.17) is 14.2 Å². The first-order valence-electron chi connectivity index (χ1n) is 29.4. The molecule has 0 saturated heterocycles. The number of allylic oxidation sites excluding steroid dienone is 18. The van der Waals surface area contributed by atoms with Gasteiger partial charge in [0, 0.05) is 19.3 Å². The average molecular weight is 986 g/mol. The van der Waals surface area contributed by atoms with Crippen molar-refractivity contribution in [3.05, 3.63) is 109 Å². The number of carbonyl (C=O) groups is 3. The van der Waals surface area contributed by atoms with Gasteiger partial charge in [0.05, 0.1) is 0 Å². The molecule has 0 spiro atoms. The number of rotatable bonds is 52. The molecule has 0 fully saturated rings. The monoisotopic (exact) mass is 985 g/mol. The van der Waals surface area contributed by atoms with E-state index in [9.17, 15) is 14.4 Å². The second-order valence-corrected chi connectivity index (χ2v) is 19.1. The maximum absolute atomic E-state index is 12.8. The van der Waals surface area contributed by atoms with Gasteiger partial charge in [0.15, 0.2) is 6.10 Å². The first-order chi connectivity index (χ1) is 35.0. The highest BCUT2D eigenvalue weighted by molar-refractivity contribution is 5.71. The zero-order valence-electron chi connectivity index (χ0n) is 46.2. The highest BCUT2D eigenvalue weighted by atomic mass is 16.6. The molecule has 71 heavy (non-hydrogen) atoms. The molecule has 404 valence electrons. The number of ether oxygens (including phenoxy) is 3. The minimum Gasteiger partial charge on any atom is -0.462 e. The van der Waals surface area contributed by atoms with Gasteiger partial charge in [-0.3, -0.25) is 14.4 Å². The van der Waals surface area contributed by atoms with Crippen LogP contribution < -0.4 is 0 Å². The van der Waals surface area contributed by atoms with E-state index in [1.54, 1.807) is 0 Å². The molecule has 0 aliphatic rings. The Balaban J connectivity index is 4.12. The van der Waals surface area contributed by atoms with Crippen molar-refractivity contribution >= 4 is 17.9 Å². The number of unbranched alkanes of at least 4 members (excludes halogenated alkanes) is 23. The first kappa shape index (κ1) is 67.1. The molecule has 6 heteroatoms. The molecule has 0 aromatic heterocycles. The summed E-state index contributed by atoms with van der Waals surface area (Å²) >= 11 is 0. The molecule has 0 N–H and O–H groups in total.